The average Bonchev–Trinajstić information content (AvgIpc) is 2.82. The van der Waals surface area contributed by atoms with E-state index in [4.69, 9.17) is 0 Å². The number of aromatic nitrogens is 2. The van der Waals surface area contributed by atoms with Crippen molar-refractivity contribution in [1.82, 2.24) is 14.9 Å². The van der Waals surface area contributed by atoms with Gasteiger partial charge in [0.25, 0.3) is 11.5 Å². The molecule has 7 nitrogen and oxygen atoms in total. The van der Waals surface area contributed by atoms with E-state index in [9.17, 15) is 19.5 Å². The molecule has 2 aromatic heterocycles. The Morgan fingerprint density at radius 2 is 2.09 bits per heavy atom. The van der Waals surface area contributed by atoms with E-state index in [1.165, 1.54) is 10.9 Å². The third-order valence-corrected chi connectivity index (χ3v) is 4.88. The van der Waals surface area contributed by atoms with Crippen molar-refractivity contribution in [2.24, 2.45) is 5.92 Å². The molecule has 124 valence electrons. The van der Waals surface area contributed by atoms with Crippen molar-refractivity contribution in [3.05, 3.63) is 27.1 Å². The van der Waals surface area contributed by atoms with Gasteiger partial charge in [-0.1, -0.05) is 13.8 Å². The lowest BCUT2D eigenvalue weighted by Gasteiger charge is -2.17. The van der Waals surface area contributed by atoms with Crippen LogP contribution in [0.15, 0.2) is 11.1 Å². The van der Waals surface area contributed by atoms with Crippen LogP contribution in [0.4, 0.5) is 0 Å². The van der Waals surface area contributed by atoms with Crippen molar-refractivity contribution < 1.29 is 14.7 Å². The molecule has 0 aromatic carbocycles. The van der Waals surface area contributed by atoms with Gasteiger partial charge >= 0.3 is 5.97 Å². The molecule has 1 unspecified atom stereocenters. The van der Waals surface area contributed by atoms with Crippen molar-refractivity contribution >= 4 is 33.4 Å². The smallest absolute Gasteiger partial charge is 0.326 e. The predicted molar refractivity (Wildman–Crippen MR) is 88.0 cm³/mol. The fourth-order valence-corrected chi connectivity index (χ4v) is 3.36. The Balaban J connectivity index is 2.46. The summed E-state index contributed by atoms with van der Waals surface area (Å²) in [5.41, 5.74) is 0.347. The molecule has 0 radical (unpaired) electrons. The highest BCUT2D eigenvalue weighted by atomic mass is 32.1. The van der Waals surface area contributed by atoms with E-state index in [0.29, 0.717) is 27.2 Å². The maximum absolute atomic E-state index is 12.4. The Bertz CT molecular complexity index is 822. The number of fused-ring (bicyclic) bond motifs is 1. The lowest BCUT2D eigenvalue weighted by Crippen LogP contribution is -2.44. The number of carboxylic acid groups (broad SMARTS) is 1. The highest BCUT2D eigenvalue weighted by Gasteiger charge is 2.26. The number of amides is 1. The Hall–Kier alpha value is -2.22. The number of hydrogen-bond donors (Lipinski definition) is 2. The lowest BCUT2D eigenvalue weighted by atomic mass is 10.0. The van der Waals surface area contributed by atoms with Gasteiger partial charge in [0.2, 0.25) is 0 Å². The molecule has 2 rings (SSSR count). The van der Waals surface area contributed by atoms with E-state index in [1.54, 1.807) is 20.8 Å². The van der Waals surface area contributed by atoms with Crippen LogP contribution in [0.5, 0.6) is 0 Å². The second-order valence-electron chi connectivity index (χ2n) is 5.61. The largest absolute Gasteiger partial charge is 0.480 e. The van der Waals surface area contributed by atoms with Crippen LogP contribution in [0.25, 0.3) is 10.2 Å². The second-order valence-corrected chi connectivity index (χ2v) is 6.60. The maximum Gasteiger partial charge on any atom is 0.326 e. The molecule has 0 aliphatic rings. The summed E-state index contributed by atoms with van der Waals surface area (Å²) in [6.45, 7) is 7.45. The molecule has 0 aliphatic carbocycles. The number of aryl methyl sites for hydroxylation is 2. The van der Waals surface area contributed by atoms with E-state index < -0.39 is 17.9 Å². The van der Waals surface area contributed by atoms with E-state index in [-0.39, 0.29) is 11.5 Å². The van der Waals surface area contributed by atoms with Gasteiger partial charge in [-0.2, -0.15) is 0 Å². The summed E-state index contributed by atoms with van der Waals surface area (Å²) in [7, 11) is 0. The molecule has 2 heterocycles. The van der Waals surface area contributed by atoms with Gasteiger partial charge in [0.05, 0.1) is 16.6 Å². The van der Waals surface area contributed by atoms with Crippen LogP contribution in [0.1, 0.15) is 36.0 Å². The minimum Gasteiger partial charge on any atom is -0.480 e. The van der Waals surface area contributed by atoms with Crippen LogP contribution in [0.2, 0.25) is 0 Å². The first-order valence-corrected chi connectivity index (χ1v) is 8.11. The van der Waals surface area contributed by atoms with Gasteiger partial charge in [-0.3, -0.25) is 14.2 Å². The van der Waals surface area contributed by atoms with E-state index in [1.807, 2.05) is 6.92 Å². The molecule has 0 saturated carbocycles. The summed E-state index contributed by atoms with van der Waals surface area (Å²) < 4.78 is 1.47. The highest BCUT2D eigenvalue weighted by molar-refractivity contribution is 7.20. The molecule has 0 spiro atoms. The van der Waals surface area contributed by atoms with Gasteiger partial charge in [0.1, 0.15) is 10.9 Å². The topological polar surface area (TPSA) is 101 Å². The van der Waals surface area contributed by atoms with Crippen LogP contribution in [0.3, 0.4) is 0 Å². The van der Waals surface area contributed by atoms with Gasteiger partial charge in [-0.05, 0) is 25.3 Å². The summed E-state index contributed by atoms with van der Waals surface area (Å²) in [5, 5.41) is 12.1. The Labute approximate surface area is 137 Å². The fraction of sp³-hybridized carbons (Fsp3) is 0.467. The first kappa shape index (κ1) is 17.1. The minimum atomic E-state index is -1.08. The summed E-state index contributed by atoms with van der Waals surface area (Å²) in [6.07, 6.45) is 1.45. The van der Waals surface area contributed by atoms with Gasteiger partial charge < -0.3 is 10.4 Å². The number of carbonyl (C=O) groups excluding carboxylic acids is 1. The van der Waals surface area contributed by atoms with Crippen LogP contribution in [-0.4, -0.2) is 32.6 Å². The number of carboxylic acids is 1. The summed E-state index contributed by atoms with van der Waals surface area (Å²) in [4.78, 5) is 41.0. The number of nitrogens with zero attached hydrogens (tertiary/aromatic N) is 2. The highest BCUT2D eigenvalue weighted by Crippen LogP contribution is 2.26. The molecule has 2 aromatic rings. The van der Waals surface area contributed by atoms with Gasteiger partial charge in [-0.15, -0.1) is 11.3 Å². The second kappa shape index (κ2) is 6.49. The predicted octanol–water partition coefficient (Wildman–Crippen LogP) is 1.63. The summed E-state index contributed by atoms with van der Waals surface area (Å²) in [6, 6.07) is -0.979. The van der Waals surface area contributed by atoms with Crippen LogP contribution in [0, 0.1) is 12.8 Å². The molecular formula is C15H19N3O4S. The molecule has 1 amide bonds. The third-order valence-electron chi connectivity index (χ3n) is 3.68. The summed E-state index contributed by atoms with van der Waals surface area (Å²) >= 11 is 1.10. The number of hydrogen-bond acceptors (Lipinski definition) is 5. The van der Waals surface area contributed by atoms with Gasteiger partial charge in [0, 0.05) is 6.54 Å². The molecule has 1 atom stereocenters. The normalized spacial score (nSPS) is 12.6. The van der Waals surface area contributed by atoms with Crippen molar-refractivity contribution in [1.29, 1.82) is 0 Å². The Kier molecular flexibility index (Phi) is 4.84. The van der Waals surface area contributed by atoms with Crippen molar-refractivity contribution in [2.45, 2.75) is 40.3 Å². The van der Waals surface area contributed by atoms with Crippen molar-refractivity contribution in [2.75, 3.05) is 0 Å². The van der Waals surface area contributed by atoms with Crippen LogP contribution >= 0.6 is 11.3 Å². The Morgan fingerprint density at radius 1 is 1.43 bits per heavy atom. The SMILES string of the molecule is CCn1cnc2sc(C(=O)NC(C(=O)O)C(C)C)c(C)c2c1=O. The number of aliphatic carboxylic acids is 1. The van der Waals surface area contributed by atoms with Crippen molar-refractivity contribution in [3.63, 3.8) is 0 Å². The first-order valence-electron chi connectivity index (χ1n) is 7.30. The standard InChI is InChI=1S/C15H19N3O4S/c1-5-18-6-16-13-9(14(18)20)8(4)11(23-13)12(19)17-10(7(2)3)15(21)22/h6-7,10H,5H2,1-4H3,(H,17,19)(H,21,22). The third kappa shape index (κ3) is 3.12. The average molecular weight is 337 g/mol. The summed E-state index contributed by atoms with van der Waals surface area (Å²) in [5.74, 6) is -1.82. The zero-order chi connectivity index (χ0) is 17.3. The number of nitrogens with one attached hydrogen (secondary N) is 1. The van der Waals surface area contributed by atoms with Crippen LogP contribution in [-0.2, 0) is 11.3 Å². The molecule has 2 N–H and O–H groups in total. The molecule has 8 heteroatoms. The van der Waals surface area contributed by atoms with Crippen LogP contribution < -0.4 is 10.9 Å². The lowest BCUT2D eigenvalue weighted by molar-refractivity contribution is -0.140. The zero-order valence-corrected chi connectivity index (χ0v) is 14.2. The van der Waals surface area contributed by atoms with Gasteiger partial charge in [-0.25, -0.2) is 9.78 Å². The molecule has 0 fully saturated rings. The zero-order valence-electron chi connectivity index (χ0n) is 13.4. The number of thiophene rings is 1. The van der Waals surface area contributed by atoms with E-state index in [2.05, 4.69) is 10.3 Å². The first-order chi connectivity index (χ1) is 10.8. The maximum atomic E-state index is 12.4. The minimum absolute atomic E-state index is 0.191. The molecule has 0 saturated heterocycles. The van der Waals surface area contributed by atoms with Crippen molar-refractivity contribution in [3.8, 4) is 0 Å². The number of carbonyl (C=O) groups is 2. The molecule has 23 heavy (non-hydrogen) atoms. The molecular weight excluding hydrogens is 318 g/mol. The Morgan fingerprint density at radius 3 is 2.61 bits per heavy atom. The van der Waals surface area contributed by atoms with E-state index in [0.717, 1.165) is 11.3 Å². The quantitative estimate of drug-likeness (QED) is 0.863. The molecule has 0 bridgehead atoms. The van der Waals surface area contributed by atoms with Gasteiger partial charge in [0.15, 0.2) is 0 Å². The number of rotatable bonds is 5. The molecule has 0 aliphatic heterocycles. The van der Waals surface area contributed by atoms with E-state index >= 15 is 0 Å². The monoisotopic (exact) mass is 337 g/mol. The fourth-order valence-electron chi connectivity index (χ4n) is 2.32.